The van der Waals surface area contributed by atoms with E-state index in [0.717, 1.165) is 29.8 Å². The number of rotatable bonds is 6. The van der Waals surface area contributed by atoms with Crippen LogP contribution in [0.4, 0.5) is 5.13 Å². The molecule has 1 aromatic carbocycles. The van der Waals surface area contributed by atoms with Crippen molar-refractivity contribution >= 4 is 28.5 Å². The molecule has 0 saturated heterocycles. The van der Waals surface area contributed by atoms with Gasteiger partial charge in [-0.3, -0.25) is 10.1 Å². The van der Waals surface area contributed by atoms with E-state index in [9.17, 15) is 4.79 Å². The van der Waals surface area contributed by atoms with E-state index in [-0.39, 0.29) is 5.91 Å². The van der Waals surface area contributed by atoms with Crippen LogP contribution < -0.4 is 5.32 Å². The van der Waals surface area contributed by atoms with Gasteiger partial charge in [0.25, 0.3) is 0 Å². The molecule has 110 valence electrons. The molecule has 0 unspecified atom stereocenters. The molecule has 0 aliphatic heterocycles. The first-order chi connectivity index (χ1) is 10.2. The Morgan fingerprint density at radius 3 is 3.00 bits per heavy atom. The fourth-order valence-electron chi connectivity index (χ4n) is 1.83. The molecule has 1 aromatic heterocycles. The number of unbranched alkanes of at least 4 members (excludes halogenated alkanes) is 1. The number of nitrogens with one attached hydrogen (secondary N) is 1. The fourth-order valence-corrected chi connectivity index (χ4v) is 2.61. The lowest BCUT2D eigenvalue weighted by Crippen LogP contribution is -2.07. The van der Waals surface area contributed by atoms with Gasteiger partial charge in [0.1, 0.15) is 5.01 Å². The van der Waals surface area contributed by atoms with Gasteiger partial charge >= 0.3 is 0 Å². The molecule has 0 saturated carbocycles. The van der Waals surface area contributed by atoms with Crippen molar-refractivity contribution in [2.45, 2.75) is 33.1 Å². The van der Waals surface area contributed by atoms with Gasteiger partial charge < -0.3 is 0 Å². The molecule has 4 nitrogen and oxygen atoms in total. The number of benzene rings is 1. The molecule has 5 heteroatoms. The number of aryl methyl sites for hydroxylation is 2. The van der Waals surface area contributed by atoms with Crippen molar-refractivity contribution in [2.24, 2.45) is 0 Å². The van der Waals surface area contributed by atoms with E-state index in [4.69, 9.17) is 0 Å². The van der Waals surface area contributed by atoms with Gasteiger partial charge in [0.15, 0.2) is 0 Å². The summed E-state index contributed by atoms with van der Waals surface area (Å²) in [7, 11) is 0. The molecule has 1 amide bonds. The molecule has 0 bridgehead atoms. The predicted molar refractivity (Wildman–Crippen MR) is 87.4 cm³/mol. The zero-order valence-corrected chi connectivity index (χ0v) is 13.1. The summed E-state index contributed by atoms with van der Waals surface area (Å²) < 4.78 is 0. The van der Waals surface area contributed by atoms with Crippen molar-refractivity contribution in [2.75, 3.05) is 5.32 Å². The lowest BCUT2D eigenvalue weighted by atomic mass is 10.1. The van der Waals surface area contributed by atoms with E-state index in [1.807, 2.05) is 31.2 Å². The van der Waals surface area contributed by atoms with Gasteiger partial charge in [-0.25, -0.2) is 0 Å². The van der Waals surface area contributed by atoms with Crippen LogP contribution in [-0.2, 0) is 11.2 Å². The maximum absolute atomic E-state index is 11.8. The summed E-state index contributed by atoms with van der Waals surface area (Å²) in [5.74, 6) is -0.185. The lowest BCUT2D eigenvalue weighted by Gasteiger charge is -1.96. The normalized spacial score (nSPS) is 11.0. The van der Waals surface area contributed by atoms with Crippen LogP contribution in [0.2, 0.25) is 0 Å². The monoisotopic (exact) mass is 301 g/mol. The third kappa shape index (κ3) is 5.11. The Balaban J connectivity index is 1.90. The highest BCUT2D eigenvalue weighted by molar-refractivity contribution is 7.15. The molecular formula is C16H19N3OS. The maximum Gasteiger partial charge on any atom is 0.250 e. The van der Waals surface area contributed by atoms with Gasteiger partial charge in [0, 0.05) is 12.5 Å². The number of carbonyl (C=O) groups excluding carboxylic acids is 1. The standard InChI is InChI=1S/C16H19N3OS/c1-3-4-8-15-18-19-16(21-15)17-14(20)10-9-13-7-5-6-12(2)11-13/h5-7,9-11H,3-4,8H2,1-2H3,(H,17,19,20)/b10-9+. The summed E-state index contributed by atoms with van der Waals surface area (Å²) in [6, 6.07) is 7.98. The highest BCUT2D eigenvalue weighted by atomic mass is 32.1. The van der Waals surface area contributed by atoms with Crippen LogP contribution in [0, 0.1) is 6.92 Å². The molecule has 0 aliphatic carbocycles. The second-order valence-corrected chi connectivity index (χ2v) is 5.90. The van der Waals surface area contributed by atoms with Crippen LogP contribution in [-0.4, -0.2) is 16.1 Å². The number of hydrogen-bond acceptors (Lipinski definition) is 4. The minimum atomic E-state index is -0.185. The highest BCUT2D eigenvalue weighted by Gasteiger charge is 2.05. The van der Waals surface area contributed by atoms with Crippen LogP contribution in [0.3, 0.4) is 0 Å². The summed E-state index contributed by atoms with van der Waals surface area (Å²) in [5.41, 5.74) is 2.17. The van der Waals surface area contributed by atoms with Crippen molar-refractivity contribution in [1.82, 2.24) is 10.2 Å². The van der Waals surface area contributed by atoms with Gasteiger partial charge in [0.05, 0.1) is 0 Å². The van der Waals surface area contributed by atoms with Crippen LogP contribution in [0.1, 0.15) is 35.9 Å². The van der Waals surface area contributed by atoms with Crippen molar-refractivity contribution in [3.63, 3.8) is 0 Å². The molecule has 21 heavy (non-hydrogen) atoms. The molecule has 0 radical (unpaired) electrons. The summed E-state index contributed by atoms with van der Waals surface area (Å²) >= 11 is 1.44. The predicted octanol–water partition coefficient (Wildman–Crippen LogP) is 3.84. The zero-order chi connectivity index (χ0) is 15.1. The molecule has 1 N–H and O–H groups in total. The second kappa shape index (κ2) is 7.69. The molecule has 2 rings (SSSR count). The van der Waals surface area contributed by atoms with Gasteiger partial charge in [-0.1, -0.05) is 54.5 Å². The number of amides is 1. The molecule has 0 atom stereocenters. The second-order valence-electron chi connectivity index (χ2n) is 4.84. The van der Waals surface area contributed by atoms with Crippen molar-refractivity contribution in [3.05, 3.63) is 46.5 Å². The van der Waals surface area contributed by atoms with E-state index in [1.54, 1.807) is 6.08 Å². The summed E-state index contributed by atoms with van der Waals surface area (Å²) in [5, 5.41) is 12.3. The Hall–Kier alpha value is -2.01. The SMILES string of the molecule is CCCCc1nnc(NC(=O)/C=C/c2cccc(C)c2)s1. The van der Waals surface area contributed by atoms with Crippen LogP contribution in [0.25, 0.3) is 6.08 Å². The lowest BCUT2D eigenvalue weighted by molar-refractivity contribution is -0.111. The van der Waals surface area contributed by atoms with Gasteiger partial charge in [0.2, 0.25) is 11.0 Å². The smallest absolute Gasteiger partial charge is 0.250 e. The minimum absolute atomic E-state index is 0.185. The minimum Gasteiger partial charge on any atom is -0.297 e. The summed E-state index contributed by atoms with van der Waals surface area (Å²) in [6.07, 6.45) is 6.45. The number of nitrogens with zero attached hydrogens (tertiary/aromatic N) is 2. The first kappa shape index (κ1) is 15.4. The average Bonchev–Trinajstić information content (AvgIpc) is 2.90. The Bertz CT molecular complexity index is 634. The maximum atomic E-state index is 11.8. The number of aromatic nitrogens is 2. The Morgan fingerprint density at radius 2 is 2.24 bits per heavy atom. The Labute approximate surface area is 128 Å². The molecular weight excluding hydrogens is 282 g/mol. The van der Waals surface area contributed by atoms with Crippen molar-refractivity contribution in [3.8, 4) is 0 Å². The molecule has 0 aliphatic rings. The van der Waals surface area contributed by atoms with Crippen molar-refractivity contribution < 1.29 is 4.79 Å². The summed E-state index contributed by atoms with van der Waals surface area (Å²) in [4.78, 5) is 11.8. The first-order valence-electron chi connectivity index (χ1n) is 7.05. The topological polar surface area (TPSA) is 54.9 Å². The first-order valence-corrected chi connectivity index (χ1v) is 7.87. The molecule has 2 aromatic rings. The summed E-state index contributed by atoms with van der Waals surface area (Å²) in [6.45, 7) is 4.16. The largest absolute Gasteiger partial charge is 0.297 e. The van der Waals surface area contributed by atoms with Gasteiger partial charge in [-0.2, -0.15) is 0 Å². The Morgan fingerprint density at radius 1 is 1.38 bits per heavy atom. The van der Waals surface area contributed by atoms with E-state index < -0.39 is 0 Å². The van der Waals surface area contributed by atoms with E-state index in [2.05, 4.69) is 22.4 Å². The quantitative estimate of drug-likeness (QED) is 0.825. The fraction of sp³-hybridized carbons (Fsp3) is 0.312. The Kier molecular flexibility index (Phi) is 5.63. The third-order valence-electron chi connectivity index (χ3n) is 2.91. The average molecular weight is 301 g/mol. The van der Waals surface area contributed by atoms with E-state index >= 15 is 0 Å². The van der Waals surface area contributed by atoms with E-state index in [1.165, 1.54) is 23.0 Å². The van der Waals surface area contributed by atoms with Gasteiger partial charge in [-0.15, -0.1) is 10.2 Å². The number of hydrogen-bond donors (Lipinski definition) is 1. The van der Waals surface area contributed by atoms with Crippen LogP contribution in [0.15, 0.2) is 30.3 Å². The third-order valence-corrected chi connectivity index (χ3v) is 3.81. The van der Waals surface area contributed by atoms with Crippen LogP contribution >= 0.6 is 11.3 Å². The van der Waals surface area contributed by atoms with Gasteiger partial charge in [-0.05, 0) is 25.0 Å². The van der Waals surface area contributed by atoms with E-state index in [0.29, 0.717) is 5.13 Å². The molecule has 0 spiro atoms. The van der Waals surface area contributed by atoms with Crippen LogP contribution in [0.5, 0.6) is 0 Å². The highest BCUT2D eigenvalue weighted by Crippen LogP contribution is 2.17. The number of anilines is 1. The molecule has 0 fully saturated rings. The van der Waals surface area contributed by atoms with Crippen molar-refractivity contribution in [1.29, 1.82) is 0 Å². The number of carbonyl (C=O) groups is 1. The molecule has 1 heterocycles. The zero-order valence-electron chi connectivity index (χ0n) is 12.3.